The minimum atomic E-state index is -0.0326. The van der Waals surface area contributed by atoms with E-state index in [1.165, 1.54) is 0 Å². The molecule has 0 spiro atoms. The van der Waals surface area contributed by atoms with Gasteiger partial charge in [0.15, 0.2) is 5.96 Å². The van der Waals surface area contributed by atoms with Crippen molar-refractivity contribution in [3.8, 4) is 0 Å². The van der Waals surface area contributed by atoms with E-state index in [-0.39, 0.29) is 41.3 Å². The highest BCUT2D eigenvalue weighted by atomic mass is 127. The van der Waals surface area contributed by atoms with Crippen molar-refractivity contribution in [3.63, 3.8) is 0 Å². The quantitative estimate of drug-likeness (QED) is 0.273. The lowest BCUT2D eigenvalue weighted by Crippen LogP contribution is -2.56. The molecular formula is C22H38IN5O2. The Morgan fingerprint density at radius 2 is 1.80 bits per heavy atom. The second kappa shape index (κ2) is 13.1. The third kappa shape index (κ3) is 8.77. The second-order valence-electron chi connectivity index (χ2n) is 8.30. The molecule has 3 N–H and O–H groups in total. The molecule has 7 nitrogen and oxygen atoms in total. The number of morpholine rings is 1. The molecule has 0 saturated carbocycles. The van der Waals surface area contributed by atoms with Crippen molar-refractivity contribution in [3.05, 3.63) is 29.8 Å². The minimum absolute atomic E-state index is 0. The maximum absolute atomic E-state index is 11.8. The van der Waals surface area contributed by atoms with Crippen LogP contribution in [0, 0.1) is 5.92 Å². The van der Waals surface area contributed by atoms with Crippen molar-refractivity contribution in [1.82, 2.24) is 15.5 Å². The first-order valence-corrected chi connectivity index (χ1v) is 10.6. The standard InChI is InChI=1S/C22H37N5O2.HI/c1-6-23-21(25-16-22(4,5)27-11-13-29-14-12-27)24-15-18-7-9-19(10-8-18)26-20(28)17(2)3;/h7-10,17H,6,11-16H2,1-5H3,(H,26,28)(H2,23,24,25);1H. The van der Waals surface area contributed by atoms with Crippen molar-refractivity contribution >= 4 is 41.5 Å². The van der Waals surface area contributed by atoms with Crippen molar-refractivity contribution in [1.29, 1.82) is 0 Å². The summed E-state index contributed by atoms with van der Waals surface area (Å²) in [4.78, 5) is 19.0. The zero-order valence-electron chi connectivity index (χ0n) is 19.0. The van der Waals surface area contributed by atoms with Crippen LogP contribution in [0.5, 0.6) is 0 Å². The summed E-state index contributed by atoms with van der Waals surface area (Å²) < 4.78 is 5.47. The van der Waals surface area contributed by atoms with Crippen LogP contribution in [0.1, 0.15) is 40.2 Å². The van der Waals surface area contributed by atoms with Crippen LogP contribution in [0.4, 0.5) is 5.69 Å². The lowest BCUT2D eigenvalue weighted by atomic mass is 10.0. The molecule has 1 heterocycles. The number of carbonyl (C=O) groups excluding carboxylic acids is 1. The molecule has 1 amide bonds. The molecule has 0 radical (unpaired) electrons. The van der Waals surface area contributed by atoms with Crippen LogP contribution in [0.25, 0.3) is 0 Å². The zero-order valence-corrected chi connectivity index (χ0v) is 21.3. The Morgan fingerprint density at radius 3 is 2.37 bits per heavy atom. The topological polar surface area (TPSA) is 78.0 Å². The number of benzene rings is 1. The lowest BCUT2D eigenvalue weighted by molar-refractivity contribution is -0.118. The average Bonchev–Trinajstić information content (AvgIpc) is 2.71. The molecule has 8 heteroatoms. The molecular weight excluding hydrogens is 493 g/mol. The van der Waals surface area contributed by atoms with E-state index in [0.29, 0.717) is 6.54 Å². The molecule has 170 valence electrons. The van der Waals surface area contributed by atoms with E-state index in [4.69, 9.17) is 9.73 Å². The number of nitrogens with zero attached hydrogens (tertiary/aromatic N) is 2. The van der Waals surface area contributed by atoms with E-state index in [1.54, 1.807) is 0 Å². The Kier molecular flexibility index (Phi) is 11.6. The summed E-state index contributed by atoms with van der Waals surface area (Å²) in [5, 5.41) is 9.70. The summed E-state index contributed by atoms with van der Waals surface area (Å²) >= 11 is 0. The number of carbonyl (C=O) groups is 1. The van der Waals surface area contributed by atoms with Crippen molar-refractivity contribution in [2.75, 3.05) is 44.7 Å². The molecule has 1 saturated heterocycles. The summed E-state index contributed by atoms with van der Waals surface area (Å²) in [6.45, 7) is 16.0. The number of hydrogen-bond donors (Lipinski definition) is 3. The van der Waals surface area contributed by atoms with Crippen LogP contribution in [0.3, 0.4) is 0 Å². The van der Waals surface area contributed by atoms with E-state index < -0.39 is 0 Å². The van der Waals surface area contributed by atoms with Crippen molar-refractivity contribution < 1.29 is 9.53 Å². The van der Waals surface area contributed by atoms with Gasteiger partial charge in [0, 0.05) is 43.3 Å². The Bertz CT molecular complexity index is 671. The summed E-state index contributed by atoms with van der Waals surface area (Å²) in [7, 11) is 0. The summed E-state index contributed by atoms with van der Waals surface area (Å²) in [6.07, 6.45) is 0. The maximum Gasteiger partial charge on any atom is 0.226 e. The first kappa shape index (κ1) is 26.6. The number of aliphatic imine (C=N–C) groups is 1. The number of halogens is 1. The Hall–Kier alpha value is -1.39. The van der Waals surface area contributed by atoms with Gasteiger partial charge in [-0.25, -0.2) is 4.99 Å². The van der Waals surface area contributed by atoms with Gasteiger partial charge in [-0.1, -0.05) is 26.0 Å². The number of amides is 1. The Labute approximate surface area is 198 Å². The van der Waals surface area contributed by atoms with Crippen LogP contribution in [0.15, 0.2) is 29.3 Å². The van der Waals surface area contributed by atoms with E-state index in [0.717, 1.165) is 56.6 Å². The molecule has 1 fully saturated rings. The summed E-state index contributed by atoms with van der Waals surface area (Å²) in [6, 6.07) is 7.85. The predicted molar refractivity (Wildman–Crippen MR) is 135 cm³/mol. The highest BCUT2D eigenvalue weighted by Gasteiger charge is 2.28. The maximum atomic E-state index is 11.8. The zero-order chi connectivity index (χ0) is 21.3. The van der Waals surface area contributed by atoms with Gasteiger partial charge in [-0.05, 0) is 38.5 Å². The molecule has 0 aromatic heterocycles. The highest BCUT2D eigenvalue weighted by molar-refractivity contribution is 14.0. The van der Waals surface area contributed by atoms with Gasteiger partial charge in [0.2, 0.25) is 5.91 Å². The number of rotatable bonds is 8. The van der Waals surface area contributed by atoms with E-state index in [2.05, 4.69) is 41.6 Å². The first-order chi connectivity index (χ1) is 13.8. The largest absolute Gasteiger partial charge is 0.379 e. The molecule has 1 aliphatic rings. The van der Waals surface area contributed by atoms with Crippen LogP contribution in [-0.4, -0.2) is 61.7 Å². The third-order valence-corrected chi connectivity index (χ3v) is 5.07. The lowest BCUT2D eigenvalue weighted by Gasteiger charge is -2.41. The fourth-order valence-corrected chi connectivity index (χ4v) is 3.07. The van der Waals surface area contributed by atoms with Gasteiger partial charge in [-0.3, -0.25) is 9.69 Å². The molecule has 30 heavy (non-hydrogen) atoms. The molecule has 1 aliphatic heterocycles. The van der Waals surface area contributed by atoms with Crippen LogP contribution >= 0.6 is 24.0 Å². The predicted octanol–water partition coefficient (Wildman–Crippen LogP) is 3.07. The van der Waals surface area contributed by atoms with Gasteiger partial charge in [-0.15, -0.1) is 24.0 Å². The smallest absolute Gasteiger partial charge is 0.226 e. The molecule has 2 rings (SSSR count). The molecule has 0 atom stereocenters. The fourth-order valence-electron chi connectivity index (χ4n) is 3.07. The summed E-state index contributed by atoms with van der Waals surface area (Å²) in [5.74, 6) is 0.804. The fraction of sp³-hybridized carbons (Fsp3) is 0.636. The minimum Gasteiger partial charge on any atom is -0.379 e. The average molecular weight is 531 g/mol. The Balaban J connectivity index is 0.00000450. The van der Waals surface area contributed by atoms with Gasteiger partial charge in [0.1, 0.15) is 0 Å². The molecule has 0 aliphatic carbocycles. The van der Waals surface area contributed by atoms with Crippen LogP contribution in [0.2, 0.25) is 0 Å². The van der Waals surface area contributed by atoms with E-state index in [9.17, 15) is 4.79 Å². The van der Waals surface area contributed by atoms with Gasteiger partial charge < -0.3 is 20.7 Å². The Morgan fingerprint density at radius 1 is 1.17 bits per heavy atom. The molecule has 1 aromatic rings. The first-order valence-electron chi connectivity index (χ1n) is 10.6. The third-order valence-electron chi connectivity index (χ3n) is 5.07. The van der Waals surface area contributed by atoms with Gasteiger partial charge in [0.25, 0.3) is 0 Å². The van der Waals surface area contributed by atoms with Gasteiger partial charge in [-0.2, -0.15) is 0 Å². The van der Waals surface area contributed by atoms with E-state index in [1.807, 2.05) is 38.1 Å². The number of guanidine groups is 1. The summed E-state index contributed by atoms with van der Waals surface area (Å²) in [5.41, 5.74) is 1.93. The monoisotopic (exact) mass is 531 g/mol. The molecule has 0 bridgehead atoms. The van der Waals surface area contributed by atoms with Crippen molar-refractivity contribution in [2.24, 2.45) is 10.9 Å². The number of anilines is 1. The SMILES string of the molecule is CCNC(=NCc1ccc(NC(=O)C(C)C)cc1)NCC(C)(C)N1CCOCC1.I. The second-order valence-corrected chi connectivity index (χ2v) is 8.30. The number of ether oxygens (including phenoxy) is 1. The normalized spacial score (nSPS) is 15.5. The van der Waals surface area contributed by atoms with Gasteiger partial charge in [0.05, 0.1) is 19.8 Å². The van der Waals surface area contributed by atoms with Gasteiger partial charge >= 0.3 is 0 Å². The van der Waals surface area contributed by atoms with Crippen LogP contribution in [-0.2, 0) is 16.1 Å². The number of nitrogens with one attached hydrogen (secondary N) is 3. The highest BCUT2D eigenvalue weighted by Crippen LogP contribution is 2.15. The van der Waals surface area contributed by atoms with Crippen LogP contribution < -0.4 is 16.0 Å². The molecule has 1 aromatic carbocycles. The molecule has 0 unspecified atom stereocenters. The van der Waals surface area contributed by atoms with Crippen molar-refractivity contribution in [2.45, 2.75) is 46.7 Å². The number of hydrogen-bond acceptors (Lipinski definition) is 4. The van der Waals surface area contributed by atoms with E-state index >= 15 is 0 Å².